The Hall–Kier alpha value is -1.06. The molecule has 1 aromatic carbocycles. The third-order valence-electron chi connectivity index (χ3n) is 4.94. The summed E-state index contributed by atoms with van der Waals surface area (Å²) in [6, 6.07) is 7.76. The standard InChI is InChI=1S/C18H26O3/c1-2-17(19)14-5-7-15(8-6-14)20-13-16-9-12-18(21-16)10-3-4-11-18/h5-8,16-17,19H,2-4,9-13H2,1H3. The molecule has 0 amide bonds. The van der Waals surface area contributed by atoms with Crippen LogP contribution in [0.15, 0.2) is 24.3 Å². The lowest BCUT2D eigenvalue weighted by Gasteiger charge is -2.23. The molecule has 1 heterocycles. The average Bonchev–Trinajstić information content (AvgIpc) is 3.15. The molecule has 0 radical (unpaired) electrons. The summed E-state index contributed by atoms with van der Waals surface area (Å²) in [6.45, 7) is 2.61. The predicted octanol–water partition coefficient (Wildman–Crippen LogP) is 4.00. The van der Waals surface area contributed by atoms with E-state index >= 15 is 0 Å². The van der Waals surface area contributed by atoms with E-state index in [0.717, 1.165) is 24.2 Å². The number of aliphatic hydroxyl groups excluding tert-OH is 1. The SMILES string of the molecule is CCC(O)c1ccc(OCC2CCC3(CCCC3)O2)cc1. The summed E-state index contributed by atoms with van der Waals surface area (Å²) < 4.78 is 12.1. The zero-order valence-corrected chi connectivity index (χ0v) is 12.9. The molecule has 2 fully saturated rings. The van der Waals surface area contributed by atoms with Crippen LogP contribution in [0.4, 0.5) is 0 Å². The van der Waals surface area contributed by atoms with Crippen molar-refractivity contribution in [3.63, 3.8) is 0 Å². The molecule has 3 nitrogen and oxygen atoms in total. The first kappa shape index (κ1) is 14.9. The molecule has 1 aromatic rings. The molecule has 3 rings (SSSR count). The molecule has 1 aliphatic heterocycles. The first-order chi connectivity index (χ1) is 10.2. The lowest BCUT2D eigenvalue weighted by Crippen LogP contribution is -2.27. The van der Waals surface area contributed by atoms with Crippen molar-refractivity contribution in [1.29, 1.82) is 0 Å². The van der Waals surface area contributed by atoms with Gasteiger partial charge < -0.3 is 14.6 Å². The van der Waals surface area contributed by atoms with Gasteiger partial charge in [0.15, 0.2) is 0 Å². The monoisotopic (exact) mass is 290 g/mol. The third kappa shape index (κ3) is 3.41. The van der Waals surface area contributed by atoms with Crippen molar-refractivity contribution < 1.29 is 14.6 Å². The van der Waals surface area contributed by atoms with Crippen molar-refractivity contribution in [2.45, 2.75) is 69.7 Å². The smallest absolute Gasteiger partial charge is 0.119 e. The molecular weight excluding hydrogens is 264 g/mol. The molecular formula is C18H26O3. The molecule has 2 atom stereocenters. The van der Waals surface area contributed by atoms with Crippen molar-refractivity contribution >= 4 is 0 Å². The summed E-state index contributed by atoms with van der Waals surface area (Å²) >= 11 is 0. The van der Waals surface area contributed by atoms with E-state index in [1.54, 1.807) is 0 Å². The van der Waals surface area contributed by atoms with Crippen molar-refractivity contribution in [2.24, 2.45) is 0 Å². The minimum Gasteiger partial charge on any atom is -0.491 e. The number of hydrogen-bond acceptors (Lipinski definition) is 3. The van der Waals surface area contributed by atoms with Crippen LogP contribution >= 0.6 is 0 Å². The Morgan fingerprint density at radius 1 is 1.24 bits per heavy atom. The number of rotatable bonds is 5. The molecule has 1 N–H and O–H groups in total. The number of benzene rings is 1. The lowest BCUT2D eigenvalue weighted by molar-refractivity contribution is -0.0508. The van der Waals surface area contributed by atoms with Gasteiger partial charge in [-0.25, -0.2) is 0 Å². The quantitative estimate of drug-likeness (QED) is 0.890. The highest BCUT2D eigenvalue weighted by atomic mass is 16.6. The van der Waals surface area contributed by atoms with Gasteiger partial charge in [-0.05, 0) is 49.8 Å². The van der Waals surface area contributed by atoms with E-state index in [-0.39, 0.29) is 17.8 Å². The minimum atomic E-state index is -0.376. The highest BCUT2D eigenvalue weighted by molar-refractivity contribution is 5.28. The van der Waals surface area contributed by atoms with Gasteiger partial charge >= 0.3 is 0 Å². The first-order valence-corrected chi connectivity index (χ1v) is 8.29. The molecule has 0 aromatic heterocycles. The normalized spacial score (nSPS) is 25.3. The van der Waals surface area contributed by atoms with Crippen LogP contribution in [0.25, 0.3) is 0 Å². The fourth-order valence-electron chi connectivity index (χ4n) is 3.61. The van der Waals surface area contributed by atoms with Gasteiger partial charge in [0.2, 0.25) is 0 Å². The maximum atomic E-state index is 9.78. The molecule has 21 heavy (non-hydrogen) atoms. The highest BCUT2D eigenvalue weighted by Gasteiger charge is 2.42. The Labute approximate surface area is 127 Å². The van der Waals surface area contributed by atoms with E-state index in [1.807, 2.05) is 31.2 Å². The van der Waals surface area contributed by atoms with Gasteiger partial charge in [-0.15, -0.1) is 0 Å². The van der Waals surface area contributed by atoms with Crippen molar-refractivity contribution in [2.75, 3.05) is 6.61 Å². The van der Waals surface area contributed by atoms with E-state index in [2.05, 4.69) is 0 Å². The summed E-state index contributed by atoms with van der Waals surface area (Å²) in [4.78, 5) is 0. The van der Waals surface area contributed by atoms with Crippen LogP contribution < -0.4 is 4.74 Å². The molecule has 1 saturated heterocycles. The van der Waals surface area contributed by atoms with Crippen LogP contribution in [-0.2, 0) is 4.74 Å². The molecule has 1 aliphatic carbocycles. The summed E-state index contributed by atoms with van der Waals surface area (Å²) in [5.74, 6) is 0.859. The Morgan fingerprint density at radius 2 is 1.95 bits per heavy atom. The van der Waals surface area contributed by atoms with E-state index < -0.39 is 0 Å². The van der Waals surface area contributed by atoms with E-state index in [1.165, 1.54) is 32.1 Å². The summed E-state index contributed by atoms with van der Waals surface area (Å²) in [5, 5.41) is 9.78. The molecule has 0 bridgehead atoms. The molecule has 2 unspecified atom stereocenters. The predicted molar refractivity (Wildman–Crippen MR) is 82.5 cm³/mol. The third-order valence-corrected chi connectivity index (χ3v) is 4.94. The number of aliphatic hydroxyl groups is 1. The molecule has 3 heteroatoms. The highest BCUT2D eigenvalue weighted by Crippen LogP contribution is 2.43. The number of hydrogen-bond donors (Lipinski definition) is 1. The number of ether oxygens (including phenoxy) is 2. The zero-order valence-electron chi connectivity index (χ0n) is 12.9. The maximum absolute atomic E-state index is 9.78. The van der Waals surface area contributed by atoms with Gasteiger partial charge in [-0.2, -0.15) is 0 Å². The Bertz CT molecular complexity index is 448. The zero-order chi connectivity index (χ0) is 14.7. The van der Waals surface area contributed by atoms with Crippen molar-refractivity contribution in [3.05, 3.63) is 29.8 Å². The van der Waals surface area contributed by atoms with E-state index in [9.17, 15) is 5.11 Å². The van der Waals surface area contributed by atoms with E-state index in [4.69, 9.17) is 9.47 Å². The second-order valence-corrected chi connectivity index (χ2v) is 6.47. The largest absolute Gasteiger partial charge is 0.491 e. The Kier molecular flexibility index (Phi) is 4.51. The van der Waals surface area contributed by atoms with Gasteiger partial charge in [-0.1, -0.05) is 31.9 Å². The topological polar surface area (TPSA) is 38.7 Å². The minimum absolute atomic E-state index is 0.184. The Balaban J connectivity index is 1.49. The Morgan fingerprint density at radius 3 is 2.62 bits per heavy atom. The van der Waals surface area contributed by atoms with Gasteiger partial charge in [-0.3, -0.25) is 0 Å². The van der Waals surface area contributed by atoms with Gasteiger partial charge in [0, 0.05) is 0 Å². The van der Waals surface area contributed by atoms with E-state index in [0.29, 0.717) is 6.61 Å². The fraction of sp³-hybridized carbons (Fsp3) is 0.667. The van der Waals surface area contributed by atoms with Gasteiger partial charge in [0.1, 0.15) is 12.4 Å². The van der Waals surface area contributed by atoms with Crippen molar-refractivity contribution in [1.82, 2.24) is 0 Å². The van der Waals surface area contributed by atoms with Gasteiger partial charge in [0.05, 0.1) is 17.8 Å². The summed E-state index contributed by atoms with van der Waals surface area (Å²) in [7, 11) is 0. The molecule has 2 aliphatic rings. The second kappa shape index (κ2) is 6.37. The molecule has 1 saturated carbocycles. The van der Waals surface area contributed by atoms with Crippen LogP contribution in [0.2, 0.25) is 0 Å². The average molecular weight is 290 g/mol. The van der Waals surface area contributed by atoms with Crippen molar-refractivity contribution in [3.8, 4) is 5.75 Å². The first-order valence-electron chi connectivity index (χ1n) is 8.29. The lowest BCUT2D eigenvalue weighted by atomic mass is 9.98. The molecule has 1 spiro atoms. The van der Waals surface area contributed by atoms with Crippen LogP contribution in [0.1, 0.15) is 63.5 Å². The second-order valence-electron chi connectivity index (χ2n) is 6.47. The maximum Gasteiger partial charge on any atom is 0.119 e. The summed E-state index contributed by atoms with van der Waals surface area (Å²) in [6.07, 6.45) is 8.00. The fourth-order valence-corrected chi connectivity index (χ4v) is 3.61. The van der Waals surface area contributed by atoms with Crippen LogP contribution in [0, 0.1) is 0 Å². The summed E-state index contributed by atoms with van der Waals surface area (Å²) in [5.41, 5.74) is 1.13. The molecule has 116 valence electrons. The van der Waals surface area contributed by atoms with Crippen LogP contribution in [0.5, 0.6) is 5.75 Å². The van der Waals surface area contributed by atoms with Crippen LogP contribution in [-0.4, -0.2) is 23.4 Å². The van der Waals surface area contributed by atoms with Gasteiger partial charge in [0.25, 0.3) is 0 Å². The van der Waals surface area contributed by atoms with Crippen LogP contribution in [0.3, 0.4) is 0 Å².